The highest BCUT2D eigenvalue weighted by Gasteiger charge is 2.67. The molecule has 2 heterocycles. The van der Waals surface area contributed by atoms with E-state index in [4.69, 9.17) is 13.9 Å². The summed E-state index contributed by atoms with van der Waals surface area (Å²) < 4.78 is 16.4. The number of esters is 1. The number of rotatable bonds is 3. The number of ether oxygens (including phenoxy) is 2. The number of ketones is 2. The minimum absolute atomic E-state index is 0.00102. The zero-order valence-corrected chi connectivity index (χ0v) is 20.0. The molecule has 2 fully saturated rings. The van der Waals surface area contributed by atoms with Gasteiger partial charge in [-0.2, -0.15) is 0 Å². The number of hydrogen-bond donors (Lipinski definition) is 0. The Kier molecular flexibility index (Phi) is 4.83. The molecular formula is C27H32O6. The monoisotopic (exact) mass is 452 g/mol. The minimum atomic E-state index is -0.796. The first-order valence-electron chi connectivity index (χ1n) is 11.8. The van der Waals surface area contributed by atoms with Crippen molar-refractivity contribution in [2.75, 3.05) is 7.11 Å². The number of furan rings is 1. The van der Waals surface area contributed by atoms with Crippen LogP contribution in [0.3, 0.4) is 0 Å². The summed E-state index contributed by atoms with van der Waals surface area (Å²) >= 11 is 0. The molecule has 0 radical (unpaired) electrons. The van der Waals surface area contributed by atoms with Crippen LogP contribution in [0.1, 0.15) is 65.0 Å². The predicted octanol–water partition coefficient (Wildman–Crippen LogP) is 4.96. The molecule has 6 nitrogen and oxygen atoms in total. The van der Waals surface area contributed by atoms with Gasteiger partial charge >= 0.3 is 5.97 Å². The van der Waals surface area contributed by atoms with Gasteiger partial charge in [0.15, 0.2) is 0 Å². The van der Waals surface area contributed by atoms with Crippen molar-refractivity contribution >= 4 is 17.5 Å². The Morgan fingerprint density at radius 2 is 1.94 bits per heavy atom. The summed E-state index contributed by atoms with van der Waals surface area (Å²) in [7, 11) is 1.36. The maximum Gasteiger partial charge on any atom is 0.305 e. The third-order valence-corrected chi connectivity index (χ3v) is 9.35. The fraction of sp³-hybridized carbons (Fsp3) is 0.593. The van der Waals surface area contributed by atoms with Gasteiger partial charge in [-0.15, -0.1) is 0 Å². The Hall–Kier alpha value is -2.63. The van der Waals surface area contributed by atoms with Gasteiger partial charge in [0.1, 0.15) is 17.7 Å². The van der Waals surface area contributed by atoms with Crippen LogP contribution < -0.4 is 0 Å². The second-order valence-electron chi connectivity index (χ2n) is 11.1. The van der Waals surface area contributed by atoms with Crippen LogP contribution in [0.5, 0.6) is 0 Å². The zero-order chi connectivity index (χ0) is 23.8. The Morgan fingerprint density at radius 1 is 1.18 bits per heavy atom. The third-order valence-electron chi connectivity index (χ3n) is 9.35. The molecular weight excluding hydrogens is 420 g/mol. The first-order valence-corrected chi connectivity index (χ1v) is 11.8. The summed E-state index contributed by atoms with van der Waals surface area (Å²) in [6.45, 7) is 8.00. The third kappa shape index (κ3) is 2.82. The molecule has 3 aliphatic carbocycles. The molecule has 0 amide bonds. The molecule has 2 saturated carbocycles. The molecule has 4 aliphatic rings. The molecule has 2 bridgehead atoms. The normalized spacial score (nSPS) is 38.9. The van der Waals surface area contributed by atoms with E-state index in [1.165, 1.54) is 18.3 Å². The summed E-state index contributed by atoms with van der Waals surface area (Å²) in [4.78, 5) is 39.8. The second-order valence-corrected chi connectivity index (χ2v) is 11.1. The van der Waals surface area contributed by atoms with Crippen molar-refractivity contribution in [1.82, 2.24) is 0 Å². The number of Topliss-reactive ketones (excluding diaryl/α,β-unsaturated/α-hetero) is 2. The van der Waals surface area contributed by atoms with E-state index < -0.39 is 22.7 Å². The quantitative estimate of drug-likeness (QED) is 0.476. The lowest BCUT2D eigenvalue weighted by molar-refractivity contribution is -0.171. The van der Waals surface area contributed by atoms with Crippen molar-refractivity contribution in [3.8, 4) is 0 Å². The van der Waals surface area contributed by atoms with Crippen molar-refractivity contribution in [1.29, 1.82) is 0 Å². The molecule has 1 aromatic heterocycles. The lowest BCUT2D eigenvalue weighted by Gasteiger charge is -2.60. The molecule has 176 valence electrons. The number of carbonyl (C=O) groups is 3. The van der Waals surface area contributed by atoms with Crippen LogP contribution in [0.25, 0.3) is 0 Å². The van der Waals surface area contributed by atoms with E-state index in [0.29, 0.717) is 6.42 Å². The second kappa shape index (κ2) is 7.18. The molecule has 0 saturated heterocycles. The summed E-state index contributed by atoms with van der Waals surface area (Å²) in [6.07, 6.45) is 9.11. The van der Waals surface area contributed by atoms with E-state index in [2.05, 4.69) is 6.92 Å². The number of methoxy groups -OCH3 is 1. The first kappa shape index (κ1) is 22.2. The molecule has 1 aliphatic heterocycles. The zero-order valence-electron chi connectivity index (χ0n) is 20.0. The van der Waals surface area contributed by atoms with Gasteiger partial charge in [-0.05, 0) is 48.8 Å². The molecule has 6 heteroatoms. The maximum absolute atomic E-state index is 13.8. The van der Waals surface area contributed by atoms with Crippen LogP contribution in [-0.4, -0.2) is 24.6 Å². The summed E-state index contributed by atoms with van der Waals surface area (Å²) in [5.74, 6) is -1.52. The van der Waals surface area contributed by atoms with E-state index in [-0.39, 0.29) is 41.4 Å². The number of carbonyl (C=O) groups excluding carboxylic acids is 3. The largest absolute Gasteiger partial charge is 0.492 e. The van der Waals surface area contributed by atoms with Gasteiger partial charge < -0.3 is 13.9 Å². The van der Waals surface area contributed by atoms with E-state index in [1.807, 2.05) is 32.9 Å². The van der Waals surface area contributed by atoms with Gasteiger partial charge in [0.25, 0.3) is 0 Å². The Bertz CT molecular complexity index is 1080. The van der Waals surface area contributed by atoms with Crippen LogP contribution in [0.15, 0.2) is 46.5 Å². The van der Waals surface area contributed by atoms with E-state index in [1.54, 1.807) is 18.8 Å². The van der Waals surface area contributed by atoms with Crippen molar-refractivity contribution in [3.05, 3.63) is 47.6 Å². The smallest absolute Gasteiger partial charge is 0.305 e. The standard InChI is InChI=1S/C27H32O6/c1-25(2)20(13-21(28)31-5)27(4)19-6-9-26(3)18(16(19)12-17(22(25)29)23(27)30)8-11-33-24(26)15-7-10-32-14-15/h7-8,10-11,14,17,19-20,24H,6,9,12-13H2,1-5H3/t17-,19?,20-,24-,26+,27+/m0/s1. The van der Waals surface area contributed by atoms with Gasteiger partial charge in [0, 0.05) is 21.8 Å². The topological polar surface area (TPSA) is 82.8 Å². The van der Waals surface area contributed by atoms with Gasteiger partial charge in [-0.1, -0.05) is 33.3 Å². The van der Waals surface area contributed by atoms with Crippen LogP contribution in [-0.2, 0) is 23.9 Å². The average molecular weight is 453 g/mol. The van der Waals surface area contributed by atoms with Crippen LogP contribution >= 0.6 is 0 Å². The highest BCUT2D eigenvalue weighted by molar-refractivity contribution is 6.11. The Balaban J connectivity index is 1.67. The van der Waals surface area contributed by atoms with Gasteiger partial charge in [0.2, 0.25) is 0 Å². The summed E-state index contributed by atoms with van der Waals surface area (Å²) in [5.41, 5.74) is 1.48. The van der Waals surface area contributed by atoms with Crippen molar-refractivity contribution in [2.24, 2.45) is 34.0 Å². The van der Waals surface area contributed by atoms with Crippen LogP contribution in [0.4, 0.5) is 0 Å². The lowest BCUT2D eigenvalue weighted by atomic mass is 9.41. The van der Waals surface area contributed by atoms with Crippen molar-refractivity contribution < 1.29 is 28.3 Å². The Labute approximate surface area is 194 Å². The number of hydrogen-bond acceptors (Lipinski definition) is 6. The lowest BCUT2D eigenvalue weighted by Crippen LogP contribution is -2.64. The minimum Gasteiger partial charge on any atom is -0.492 e. The van der Waals surface area contributed by atoms with Gasteiger partial charge in [-0.25, -0.2) is 0 Å². The molecule has 0 aromatic carbocycles. The molecule has 6 atom stereocenters. The van der Waals surface area contributed by atoms with Crippen LogP contribution in [0, 0.1) is 34.0 Å². The van der Waals surface area contributed by atoms with E-state index in [9.17, 15) is 14.4 Å². The average Bonchev–Trinajstić information content (AvgIpc) is 3.31. The highest BCUT2D eigenvalue weighted by atomic mass is 16.5. The van der Waals surface area contributed by atoms with Gasteiger partial charge in [-0.3, -0.25) is 14.4 Å². The number of allylic oxidation sites excluding steroid dienone is 2. The molecule has 0 N–H and O–H groups in total. The fourth-order valence-electron chi connectivity index (χ4n) is 7.57. The SMILES string of the molecule is COC(=O)C[C@H]1C(C)(C)C(=O)[C@@H]2CC3=C4C=CO[C@@H](c5ccoc5)[C@]4(C)CCC3[C@@]1(C)C2=O. The number of fused-ring (bicyclic) bond motifs is 5. The molecule has 0 spiro atoms. The predicted molar refractivity (Wildman–Crippen MR) is 120 cm³/mol. The van der Waals surface area contributed by atoms with Crippen LogP contribution in [0.2, 0.25) is 0 Å². The summed E-state index contributed by atoms with van der Waals surface area (Å²) in [5, 5.41) is 0. The summed E-state index contributed by atoms with van der Waals surface area (Å²) in [6, 6.07) is 1.93. The van der Waals surface area contributed by atoms with E-state index in [0.717, 1.165) is 18.4 Å². The molecule has 1 unspecified atom stereocenters. The molecule has 1 aromatic rings. The maximum atomic E-state index is 13.8. The van der Waals surface area contributed by atoms with Gasteiger partial charge in [0.05, 0.1) is 38.2 Å². The highest BCUT2D eigenvalue weighted by Crippen LogP contribution is 2.66. The van der Waals surface area contributed by atoms with Crippen molar-refractivity contribution in [3.63, 3.8) is 0 Å². The van der Waals surface area contributed by atoms with Crippen molar-refractivity contribution in [2.45, 2.75) is 59.5 Å². The fourth-order valence-corrected chi connectivity index (χ4v) is 7.57. The first-order chi connectivity index (χ1) is 15.6. The Morgan fingerprint density at radius 3 is 2.61 bits per heavy atom. The van der Waals surface area contributed by atoms with E-state index >= 15 is 0 Å². The molecule has 5 rings (SSSR count). The molecule has 33 heavy (non-hydrogen) atoms.